The van der Waals surface area contributed by atoms with Crippen molar-refractivity contribution in [2.45, 2.75) is 26.8 Å². The van der Waals surface area contributed by atoms with Gasteiger partial charge in [-0.2, -0.15) is 5.10 Å². The van der Waals surface area contributed by atoms with Crippen LogP contribution >= 0.6 is 0 Å². The maximum atomic E-state index is 12.6. The minimum Gasteiger partial charge on any atom is -0.493 e. The number of ether oxygens (including phenoxy) is 2. The second kappa shape index (κ2) is 9.78. The van der Waals surface area contributed by atoms with Gasteiger partial charge in [0.25, 0.3) is 5.91 Å². The summed E-state index contributed by atoms with van der Waals surface area (Å²) in [6.07, 6.45) is 4.63. The standard InChI is InChI=1S/C23H27N3O3/c1-17(2)11-14-29-21-10-7-19(15-22(21)28-3)23(27)25-20-8-5-18(6-9-20)16-26-13-4-12-24-26/h4-10,12-13,15,17H,11,14,16H2,1-3H3,(H,25,27). The highest BCUT2D eigenvalue weighted by atomic mass is 16.5. The Balaban J connectivity index is 1.62. The van der Waals surface area contributed by atoms with Gasteiger partial charge in [-0.1, -0.05) is 26.0 Å². The van der Waals surface area contributed by atoms with Crippen molar-refractivity contribution in [3.63, 3.8) is 0 Å². The lowest BCUT2D eigenvalue weighted by molar-refractivity contribution is 0.102. The van der Waals surface area contributed by atoms with Gasteiger partial charge in [0.15, 0.2) is 11.5 Å². The van der Waals surface area contributed by atoms with Crippen LogP contribution in [0.5, 0.6) is 11.5 Å². The Labute approximate surface area is 171 Å². The predicted molar refractivity (Wildman–Crippen MR) is 114 cm³/mol. The molecule has 1 N–H and O–H groups in total. The molecule has 3 aromatic rings. The van der Waals surface area contributed by atoms with Crippen molar-refractivity contribution in [2.75, 3.05) is 19.0 Å². The van der Waals surface area contributed by atoms with Gasteiger partial charge in [0.1, 0.15) is 0 Å². The molecule has 0 fully saturated rings. The summed E-state index contributed by atoms with van der Waals surface area (Å²) >= 11 is 0. The Morgan fingerprint density at radius 1 is 1.14 bits per heavy atom. The third-order valence-corrected chi connectivity index (χ3v) is 4.49. The average molecular weight is 393 g/mol. The van der Waals surface area contributed by atoms with Crippen molar-refractivity contribution >= 4 is 11.6 Å². The van der Waals surface area contributed by atoms with Crippen molar-refractivity contribution in [1.82, 2.24) is 9.78 Å². The van der Waals surface area contributed by atoms with Crippen LogP contribution in [0.2, 0.25) is 0 Å². The summed E-state index contributed by atoms with van der Waals surface area (Å²) in [5.74, 6) is 1.57. The molecular formula is C23H27N3O3. The summed E-state index contributed by atoms with van der Waals surface area (Å²) in [5, 5.41) is 7.11. The smallest absolute Gasteiger partial charge is 0.255 e. The number of benzene rings is 2. The van der Waals surface area contributed by atoms with Gasteiger partial charge in [-0.25, -0.2) is 0 Å². The summed E-state index contributed by atoms with van der Waals surface area (Å²) < 4.78 is 13.0. The van der Waals surface area contributed by atoms with Gasteiger partial charge in [-0.3, -0.25) is 9.48 Å². The van der Waals surface area contributed by atoms with Crippen molar-refractivity contribution in [3.8, 4) is 11.5 Å². The molecule has 1 aromatic heterocycles. The van der Waals surface area contributed by atoms with E-state index in [9.17, 15) is 4.79 Å². The minimum atomic E-state index is -0.197. The maximum Gasteiger partial charge on any atom is 0.255 e. The van der Waals surface area contributed by atoms with Crippen LogP contribution < -0.4 is 14.8 Å². The zero-order valence-electron chi connectivity index (χ0n) is 17.1. The van der Waals surface area contributed by atoms with Crippen molar-refractivity contribution in [1.29, 1.82) is 0 Å². The van der Waals surface area contributed by atoms with Crippen LogP contribution in [0.25, 0.3) is 0 Å². The summed E-state index contributed by atoms with van der Waals surface area (Å²) in [6.45, 7) is 5.61. The summed E-state index contributed by atoms with van der Waals surface area (Å²) in [5.41, 5.74) is 2.35. The average Bonchev–Trinajstić information content (AvgIpc) is 3.22. The van der Waals surface area contributed by atoms with Crippen LogP contribution in [0.3, 0.4) is 0 Å². The molecular weight excluding hydrogens is 366 g/mol. The second-order valence-electron chi connectivity index (χ2n) is 7.25. The van der Waals surface area contributed by atoms with Gasteiger partial charge in [0, 0.05) is 23.6 Å². The molecule has 0 saturated heterocycles. The Bertz CT molecular complexity index is 919. The first-order valence-electron chi connectivity index (χ1n) is 9.73. The van der Waals surface area contributed by atoms with Gasteiger partial charge in [0.2, 0.25) is 0 Å². The number of anilines is 1. The van der Waals surface area contributed by atoms with E-state index >= 15 is 0 Å². The molecule has 6 heteroatoms. The number of carbonyl (C=O) groups is 1. The highest BCUT2D eigenvalue weighted by Gasteiger charge is 2.12. The first-order valence-corrected chi connectivity index (χ1v) is 9.73. The number of aromatic nitrogens is 2. The van der Waals surface area contributed by atoms with Crippen LogP contribution in [-0.2, 0) is 6.54 Å². The Morgan fingerprint density at radius 2 is 1.93 bits per heavy atom. The lowest BCUT2D eigenvalue weighted by Crippen LogP contribution is -2.12. The van der Waals surface area contributed by atoms with Crippen molar-refractivity contribution in [3.05, 3.63) is 72.1 Å². The summed E-state index contributed by atoms with van der Waals surface area (Å²) in [6, 6.07) is 14.8. The molecule has 29 heavy (non-hydrogen) atoms. The Hall–Kier alpha value is -3.28. The second-order valence-corrected chi connectivity index (χ2v) is 7.25. The van der Waals surface area contributed by atoms with Crippen LogP contribution in [0, 0.1) is 5.92 Å². The molecule has 1 amide bonds. The largest absolute Gasteiger partial charge is 0.493 e. The monoisotopic (exact) mass is 393 g/mol. The molecule has 6 nitrogen and oxygen atoms in total. The molecule has 0 atom stereocenters. The van der Waals surface area contributed by atoms with E-state index in [-0.39, 0.29) is 5.91 Å². The number of rotatable bonds is 9. The first kappa shape index (κ1) is 20.5. The maximum absolute atomic E-state index is 12.6. The van der Waals surface area contributed by atoms with Crippen LogP contribution in [0.15, 0.2) is 60.9 Å². The van der Waals surface area contributed by atoms with Gasteiger partial charge in [-0.05, 0) is 54.3 Å². The molecule has 0 radical (unpaired) electrons. The number of hydrogen-bond acceptors (Lipinski definition) is 4. The van der Waals surface area contributed by atoms with E-state index in [2.05, 4.69) is 24.3 Å². The lowest BCUT2D eigenvalue weighted by Gasteiger charge is -2.13. The summed E-state index contributed by atoms with van der Waals surface area (Å²) in [4.78, 5) is 12.6. The quantitative estimate of drug-likeness (QED) is 0.576. The fourth-order valence-corrected chi connectivity index (χ4v) is 2.81. The van der Waals surface area contributed by atoms with E-state index in [0.717, 1.165) is 17.7 Å². The lowest BCUT2D eigenvalue weighted by atomic mass is 10.1. The van der Waals surface area contributed by atoms with E-state index in [1.807, 2.05) is 41.2 Å². The zero-order valence-corrected chi connectivity index (χ0v) is 17.1. The van der Waals surface area contributed by atoms with Crippen LogP contribution in [0.1, 0.15) is 36.2 Å². The minimum absolute atomic E-state index is 0.197. The highest BCUT2D eigenvalue weighted by molar-refractivity contribution is 6.04. The molecule has 1 heterocycles. The third-order valence-electron chi connectivity index (χ3n) is 4.49. The van der Waals surface area contributed by atoms with Gasteiger partial charge >= 0.3 is 0 Å². The number of nitrogens with zero attached hydrogens (tertiary/aromatic N) is 2. The molecule has 2 aromatic carbocycles. The molecule has 0 unspecified atom stereocenters. The fourth-order valence-electron chi connectivity index (χ4n) is 2.81. The van der Waals surface area contributed by atoms with E-state index in [1.165, 1.54) is 0 Å². The van der Waals surface area contributed by atoms with Gasteiger partial charge < -0.3 is 14.8 Å². The number of methoxy groups -OCH3 is 1. The Morgan fingerprint density at radius 3 is 2.59 bits per heavy atom. The molecule has 0 aliphatic heterocycles. The molecule has 0 saturated carbocycles. The molecule has 0 aliphatic rings. The third kappa shape index (κ3) is 5.85. The highest BCUT2D eigenvalue weighted by Crippen LogP contribution is 2.29. The first-order chi connectivity index (χ1) is 14.0. The summed E-state index contributed by atoms with van der Waals surface area (Å²) in [7, 11) is 1.57. The van der Waals surface area contributed by atoms with Crippen molar-refractivity contribution in [2.24, 2.45) is 5.92 Å². The number of hydrogen-bond donors (Lipinski definition) is 1. The topological polar surface area (TPSA) is 65.4 Å². The zero-order chi connectivity index (χ0) is 20.6. The molecule has 0 spiro atoms. The molecule has 0 bridgehead atoms. The molecule has 152 valence electrons. The SMILES string of the molecule is COc1cc(C(=O)Nc2ccc(Cn3cccn3)cc2)ccc1OCCC(C)C. The van der Waals surface area contributed by atoms with Crippen molar-refractivity contribution < 1.29 is 14.3 Å². The number of nitrogens with one attached hydrogen (secondary N) is 1. The van der Waals surface area contributed by atoms with E-state index < -0.39 is 0 Å². The number of amides is 1. The molecule has 3 rings (SSSR count). The van der Waals surface area contributed by atoms with Gasteiger partial charge in [0.05, 0.1) is 20.3 Å². The predicted octanol–water partition coefficient (Wildman–Crippen LogP) is 4.62. The normalized spacial score (nSPS) is 10.8. The molecule has 0 aliphatic carbocycles. The van der Waals surface area contributed by atoms with E-state index in [4.69, 9.17) is 9.47 Å². The number of carbonyl (C=O) groups excluding carboxylic acids is 1. The van der Waals surface area contributed by atoms with Crippen LogP contribution in [0.4, 0.5) is 5.69 Å². The fraction of sp³-hybridized carbons (Fsp3) is 0.304. The van der Waals surface area contributed by atoms with Gasteiger partial charge in [-0.15, -0.1) is 0 Å². The van der Waals surface area contributed by atoms with Crippen LogP contribution in [-0.4, -0.2) is 29.4 Å². The van der Waals surface area contributed by atoms with E-state index in [1.54, 1.807) is 31.5 Å². The Kier molecular flexibility index (Phi) is 6.89. The van der Waals surface area contributed by atoms with E-state index in [0.29, 0.717) is 36.1 Å².